The van der Waals surface area contributed by atoms with Crippen LogP contribution in [-0.2, 0) is 19.6 Å². The molecule has 2 aromatic rings. The lowest BCUT2D eigenvalue weighted by molar-refractivity contribution is -0.135. The van der Waals surface area contributed by atoms with E-state index in [1.165, 1.54) is 36.4 Å². The van der Waals surface area contributed by atoms with E-state index in [1.54, 1.807) is 17.0 Å². The topological polar surface area (TPSA) is 119 Å². The molecule has 4 unspecified atom stereocenters. The Hall–Kier alpha value is -2.28. The van der Waals surface area contributed by atoms with Gasteiger partial charge in [0, 0.05) is 43.4 Å². The van der Waals surface area contributed by atoms with Crippen LogP contribution in [-0.4, -0.2) is 86.6 Å². The molecule has 1 amide bonds. The smallest absolute Gasteiger partial charge is 0.240 e. The number of sulfonamides is 1. The van der Waals surface area contributed by atoms with Crippen molar-refractivity contribution in [1.82, 2.24) is 9.62 Å². The maximum absolute atomic E-state index is 13.1. The maximum Gasteiger partial charge on any atom is 0.240 e. The number of carbonyl (C=O) groups is 1. The predicted octanol–water partition coefficient (Wildman–Crippen LogP) is 0.985. The standard InChI is InChI=1S/C23H27ClFN3O6S/c24-15-1-7-18(8-2-15)35(32,33)26-14-20-23(31)22(30)19(34-20)13-21(29)28-11-9-27(10-12-28)17-5-3-16(25)4-6-17/h1-8,19-20,22-23,26,30-31H,9-14H2. The Morgan fingerprint density at radius 2 is 1.60 bits per heavy atom. The van der Waals surface area contributed by atoms with Crippen molar-refractivity contribution in [3.8, 4) is 0 Å². The van der Waals surface area contributed by atoms with E-state index in [4.69, 9.17) is 16.3 Å². The number of halogens is 2. The van der Waals surface area contributed by atoms with Crippen molar-refractivity contribution < 1.29 is 32.6 Å². The lowest BCUT2D eigenvalue weighted by Crippen LogP contribution is -2.49. The fourth-order valence-electron chi connectivity index (χ4n) is 4.22. The average Bonchev–Trinajstić information content (AvgIpc) is 3.11. The van der Waals surface area contributed by atoms with E-state index in [9.17, 15) is 27.8 Å². The van der Waals surface area contributed by atoms with Crippen LogP contribution in [0.2, 0.25) is 5.02 Å². The molecule has 2 aliphatic heterocycles. The highest BCUT2D eigenvalue weighted by Gasteiger charge is 2.44. The molecule has 4 atom stereocenters. The summed E-state index contributed by atoms with van der Waals surface area (Å²) in [5.41, 5.74) is 0.875. The van der Waals surface area contributed by atoms with Crippen LogP contribution < -0.4 is 9.62 Å². The van der Waals surface area contributed by atoms with Gasteiger partial charge in [-0.3, -0.25) is 4.79 Å². The van der Waals surface area contributed by atoms with Crippen molar-refractivity contribution in [2.45, 2.75) is 35.7 Å². The molecule has 2 aromatic carbocycles. The molecular weight excluding hydrogens is 501 g/mol. The largest absolute Gasteiger partial charge is 0.388 e. The number of hydrogen-bond acceptors (Lipinski definition) is 7. The third-order valence-corrected chi connectivity index (χ3v) is 7.95. The number of nitrogens with one attached hydrogen (secondary N) is 1. The predicted molar refractivity (Wildman–Crippen MR) is 127 cm³/mol. The first-order valence-electron chi connectivity index (χ1n) is 11.2. The van der Waals surface area contributed by atoms with Gasteiger partial charge in [0.25, 0.3) is 0 Å². The molecule has 0 saturated carbocycles. The normalized spacial score (nSPS) is 25.1. The summed E-state index contributed by atoms with van der Waals surface area (Å²) in [5.74, 6) is -0.543. The van der Waals surface area contributed by atoms with E-state index in [0.717, 1.165) is 5.69 Å². The summed E-state index contributed by atoms with van der Waals surface area (Å²) in [4.78, 5) is 16.5. The second-order valence-electron chi connectivity index (χ2n) is 8.55. The Morgan fingerprint density at radius 3 is 2.23 bits per heavy atom. The fraction of sp³-hybridized carbons (Fsp3) is 0.435. The van der Waals surface area contributed by atoms with Crippen LogP contribution in [0.1, 0.15) is 6.42 Å². The summed E-state index contributed by atoms with van der Waals surface area (Å²) in [6.07, 6.45) is -4.80. The molecule has 4 rings (SSSR count). The van der Waals surface area contributed by atoms with Crippen molar-refractivity contribution in [2.75, 3.05) is 37.6 Å². The molecule has 9 nitrogen and oxygen atoms in total. The van der Waals surface area contributed by atoms with E-state index in [-0.39, 0.29) is 29.6 Å². The van der Waals surface area contributed by atoms with Crippen molar-refractivity contribution in [1.29, 1.82) is 0 Å². The zero-order valence-electron chi connectivity index (χ0n) is 18.8. The second kappa shape index (κ2) is 10.8. The highest BCUT2D eigenvalue weighted by Crippen LogP contribution is 2.25. The van der Waals surface area contributed by atoms with Gasteiger partial charge in [-0.15, -0.1) is 0 Å². The minimum Gasteiger partial charge on any atom is -0.388 e. The van der Waals surface area contributed by atoms with Crippen LogP contribution in [0, 0.1) is 5.82 Å². The van der Waals surface area contributed by atoms with E-state index < -0.39 is 34.4 Å². The second-order valence-corrected chi connectivity index (χ2v) is 10.8. The monoisotopic (exact) mass is 527 g/mol. The van der Waals surface area contributed by atoms with Gasteiger partial charge in [0.15, 0.2) is 0 Å². The van der Waals surface area contributed by atoms with E-state index in [2.05, 4.69) is 9.62 Å². The zero-order chi connectivity index (χ0) is 25.2. The van der Waals surface area contributed by atoms with Gasteiger partial charge < -0.3 is 24.7 Å². The number of nitrogens with zero attached hydrogens (tertiary/aromatic N) is 2. The first kappa shape index (κ1) is 25.8. The number of rotatable bonds is 7. The maximum atomic E-state index is 13.1. The van der Waals surface area contributed by atoms with Crippen molar-refractivity contribution in [2.24, 2.45) is 0 Å². The molecule has 3 N–H and O–H groups in total. The third-order valence-electron chi connectivity index (χ3n) is 6.26. The van der Waals surface area contributed by atoms with Gasteiger partial charge in [-0.2, -0.15) is 0 Å². The van der Waals surface area contributed by atoms with Gasteiger partial charge in [-0.05, 0) is 48.5 Å². The van der Waals surface area contributed by atoms with Gasteiger partial charge in [0.05, 0.1) is 17.4 Å². The minimum atomic E-state index is -3.88. The Labute approximate surface area is 208 Å². The average molecular weight is 528 g/mol. The number of benzene rings is 2. The van der Waals surface area contributed by atoms with Crippen LogP contribution in [0.15, 0.2) is 53.4 Å². The Bertz CT molecular complexity index is 1130. The number of amides is 1. The molecule has 2 aliphatic rings. The highest BCUT2D eigenvalue weighted by atomic mass is 35.5. The van der Waals surface area contributed by atoms with Crippen LogP contribution in [0.25, 0.3) is 0 Å². The fourth-order valence-corrected chi connectivity index (χ4v) is 5.39. The van der Waals surface area contributed by atoms with Crippen LogP contribution in [0.5, 0.6) is 0 Å². The molecule has 35 heavy (non-hydrogen) atoms. The molecule has 0 bridgehead atoms. The number of ether oxygens (including phenoxy) is 1. The van der Waals surface area contributed by atoms with E-state index >= 15 is 0 Å². The van der Waals surface area contributed by atoms with E-state index in [1.807, 2.05) is 0 Å². The summed E-state index contributed by atoms with van der Waals surface area (Å²) >= 11 is 5.79. The Kier molecular flexibility index (Phi) is 7.94. The third kappa shape index (κ3) is 6.11. The number of aliphatic hydroxyl groups is 2. The lowest BCUT2D eigenvalue weighted by atomic mass is 10.0. The molecule has 0 spiro atoms. The summed E-state index contributed by atoms with van der Waals surface area (Å²) < 4.78 is 46.1. The number of aliphatic hydroxyl groups excluding tert-OH is 2. The van der Waals surface area contributed by atoms with E-state index in [0.29, 0.717) is 31.2 Å². The van der Waals surface area contributed by atoms with Gasteiger partial charge >= 0.3 is 0 Å². The van der Waals surface area contributed by atoms with Crippen LogP contribution in [0.3, 0.4) is 0 Å². The lowest BCUT2D eigenvalue weighted by Gasteiger charge is -2.36. The Balaban J connectivity index is 1.28. The number of piperazine rings is 1. The molecule has 2 fully saturated rings. The van der Waals surface area contributed by atoms with Gasteiger partial charge in [-0.25, -0.2) is 17.5 Å². The van der Waals surface area contributed by atoms with Gasteiger partial charge in [0.1, 0.15) is 24.1 Å². The summed E-state index contributed by atoms with van der Waals surface area (Å²) in [6.45, 7) is 1.77. The molecule has 0 radical (unpaired) electrons. The SMILES string of the molecule is O=C(CC1OC(CNS(=O)(=O)c2ccc(Cl)cc2)C(O)C1O)N1CCN(c2ccc(F)cc2)CC1. The first-order chi connectivity index (χ1) is 16.6. The van der Waals surface area contributed by atoms with Crippen molar-refractivity contribution in [3.63, 3.8) is 0 Å². The first-order valence-corrected chi connectivity index (χ1v) is 13.1. The Morgan fingerprint density at radius 1 is 1.00 bits per heavy atom. The van der Waals surface area contributed by atoms with Crippen LogP contribution >= 0.6 is 11.6 Å². The molecule has 190 valence electrons. The quantitative estimate of drug-likeness (QED) is 0.491. The van der Waals surface area contributed by atoms with Gasteiger partial charge in [-0.1, -0.05) is 11.6 Å². The van der Waals surface area contributed by atoms with Crippen molar-refractivity contribution in [3.05, 3.63) is 59.4 Å². The molecular formula is C23H27ClFN3O6S. The molecule has 2 heterocycles. The highest BCUT2D eigenvalue weighted by molar-refractivity contribution is 7.89. The number of carbonyl (C=O) groups excluding carboxylic acids is 1. The summed E-state index contributed by atoms with van der Waals surface area (Å²) in [7, 11) is -3.88. The summed E-state index contributed by atoms with van der Waals surface area (Å²) in [5, 5.41) is 21.1. The minimum absolute atomic E-state index is 0.00134. The van der Waals surface area contributed by atoms with Crippen molar-refractivity contribution >= 4 is 33.2 Å². The number of anilines is 1. The molecule has 0 aromatic heterocycles. The van der Waals surface area contributed by atoms with Gasteiger partial charge in [0.2, 0.25) is 15.9 Å². The number of hydrogen-bond donors (Lipinski definition) is 3. The molecule has 0 aliphatic carbocycles. The summed E-state index contributed by atoms with van der Waals surface area (Å²) in [6, 6.07) is 11.8. The van der Waals surface area contributed by atoms with Crippen LogP contribution in [0.4, 0.5) is 10.1 Å². The zero-order valence-corrected chi connectivity index (χ0v) is 20.3. The molecule has 12 heteroatoms. The molecule has 2 saturated heterocycles.